The number of nitrogens with zero attached hydrogens (tertiary/aromatic N) is 2. The Morgan fingerprint density at radius 2 is 2.10 bits per heavy atom. The van der Waals surface area contributed by atoms with E-state index in [2.05, 4.69) is 22.1 Å². The molecule has 1 fully saturated rings. The number of pyridine rings is 1. The molecule has 2 heterocycles. The molecular formula is C16H26FN3. The minimum atomic E-state index is -0.265. The summed E-state index contributed by atoms with van der Waals surface area (Å²) in [5.74, 6) is -0.265. The van der Waals surface area contributed by atoms with Crippen molar-refractivity contribution in [3.8, 4) is 0 Å². The van der Waals surface area contributed by atoms with E-state index in [1.54, 1.807) is 6.07 Å². The van der Waals surface area contributed by atoms with Crippen LogP contribution in [-0.4, -0.2) is 36.1 Å². The molecule has 1 aromatic rings. The van der Waals surface area contributed by atoms with Gasteiger partial charge in [0.1, 0.15) is 5.82 Å². The zero-order valence-corrected chi connectivity index (χ0v) is 12.4. The van der Waals surface area contributed by atoms with Crippen LogP contribution in [0.25, 0.3) is 0 Å². The highest BCUT2D eigenvalue weighted by Gasteiger charge is 2.16. The molecule has 0 spiro atoms. The minimum Gasteiger partial charge on any atom is -0.309 e. The Hall–Kier alpha value is -1.00. The second-order valence-corrected chi connectivity index (χ2v) is 5.60. The quantitative estimate of drug-likeness (QED) is 0.831. The monoisotopic (exact) mass is 279 g/mol. The Bertz CT molecular complexity index is 374. The molecule has 0 saturated carbocycles. The van der Waals surface area contributed by atoms with Crippen LogP contribution in [0.1, 0.15) is 50.8 Å². The highest BCUT2D eigenvalue weighted by atomic mass is 19.1. The van der Waals surface area contributed by atoms with E-state index in [-0.39, 0.29) is 11.9 Å². The van der Waals surface area contributed by atoms with Gasteiger partial charge in [0.25, 0.3) is 0 Å². The first kappa shape index (κ1) is 15.4. The van der Waals surface area contributed by atoms with Gasteiger partial charge in [-0.25, -0.2) is 4.39 Å². The van der Waals surface area contributed by atoms with E-state index in [4.69, 9.17) is 0 Å². The summed E-state index contributed by atoms with van der Waals surface area (Å²) in [4.78, 5) is 6.77. The first-order valence-corrected chi connectivity index (χ1v) is 7.87. The third-order valence-corrected chi connectivity index (χ3v) is 3.93. The van der Waals surface area contributed by atoms with Crippen molar-refractivity contribution < 1.29 is 4.39 Å². The molecule has 1 aliphatic rings. The van der Waals surface area contributed by atoms with Gasteiger partial charge in [-0.3, -0.25) is 4.98 Å². The van der Waals surface area contributed by atoms with Gasteiger partial charge in [-0.05, 0) is 64.0 Å². The molecule has 112 valence electrons. The Balaban J connectivity index is 1.90. The van der Waals surface area contributed by atoms with Gasteiger partial charge in [-0.1, -0.05) is 13.3 Å². The van der Waals surface area contributed by atoms with E-state index >= 15 is 0 Å². The van der Waals surface area contributed by atoms with Gasteiger partial charge >= 0.3 is 0 Å². The van der Waals surface area contributed by atoms with E-state index in [9.17, 15) is 4.39 Å². The Morgan fingerprint density at radius 3 is 2.75 bits per heavy atom. The summed E-state index contributed by atoms with van der Waals surface area (Å²) in [7, 11) is 0. The van der Waals surface area contributed by atoms with E-state index in [0.29, 0.717) is 0 Å². The van der Waals surface area contributed by atoms with Crippen molar-refractivity contribution in [2.75, 3.05) is 26.2 Å². The van der Waals surface area contributed by atoms with Gasteiger partial charge < -0.3 is 10.2 Å². The Kier molecular flexibility index (Phi) is 6.40. The smallest absolute Gasteiger partial charge is 0.141 e. The van der Waals surface area contributed by atoms with Crippen LogP contribution in [0.4, 0.5) is 4.39 Å². The maximum Gasteiger partial charge on any atom is 0.141 e. The minimum absolute atomic E-state index is 0.234. The van der Waals surface area contributed by atoms with Gasteiger partial charge in [0.05, 0.1) is 17.9 Å². The second-order valence-electron chi connectivity index (χ2n) is 5.60. The zero-order valence-electron chi connectivity index (χ0n) is 12.4. The molecule has 1 aromatic heterocycles. The number of halogens is 1. The molecule has 0 aliphatic carbocycles. The average Bonchev–Trinajstić information content (AvgIpc) is 2.50. The molecule has 0 amide bonds. The summed E-state index contributed by atoms with van der Waals surface area (Å²) in [5.41, 5.74) is 0.955. The molecular weight excluding hydrogens is 253 g/mol. The molecule has 1 atom stereocenters. The van der Waals surface area contributed by atoms with Crippen LogP contribution in [0.5, 0.6) is 0 Å². The van der Waals surface area contributed by atoms with Crippen LogP contribution in [0, 0.1) is 5.82 Å². The molecule has 3 nitrogen and oxygen atoms in total. The first-order chi connectivity index (χ1) is 9.79. The lowest BCUT2D eigenvalue weighted by Gasteiger charge is -2.28. The third kappa shape index (κ3) is 4.84. The molecule has 1 unspecified atom stereocenters. The van der Waals surface area contributed by atoms with Crippen molar-refractivity contribution in [3.63, 3.8) is 0 Å². The van der Waals surface area contributed by atoms with Crippen molar-refractivity contribution in [1.29, 1.82) is 0 Å². The number of hydrogen-bond donors (Lipinski definition) is 1. The normalized spacial score (nSPS) is 18.1. The SMILES string of the molecule is CCCNC(CCN1CCCCC1)c1ccc(F)cn1. The van der Waals surface area contributed by atoms with Crippen molar-refractivity contribution in [2.24, 2.45) is 0 Å². The number of hydrogen-bond acceptors (Lipinski definition) is 3. The predicted molar refractivity (Wildman–Crippen MR) is 80.1 cm³/mol. The molecule has 20 heavy (non-hydrogen) atoms. The molecule has 4 heteroatoms. The van der Waals surface area contributed by atoms with Crippen molar-refractivity contribution in [3.05, 3.63) is 29.8 Å². The van der Waals surface area contributed by atoms with Gasteiger partial charge in [0, 0.05) is 0 Å². The molecule has 0 radical (unpaired) electrons. The highest BCUT2D eigenvalue weighted by molar-refractivity contribution is 5.10. The topological polar surface area (TPSA) is 28.2 Å². The largest absolute Gasteiger partial charge is 0.309 e. The van der Waals surface area contributed by atoms with Crippen molar-refractivity contribution in [1.82, 2.24) is 15.2 Å². The Morgan fingerprint density at radius 1 is 1.30 bits per heavy atom. The van der Waals surface area contributed by atoms with Crippen LogP contribution < -0.4 is 5.32 Å². The number of likely N-dealkylation sites (tertiary alicyclic amines) is 1. The molecule has 0 aromatic carbocycles. The third-order valence-electron chi connectivity index (χ3n) is 3.93. The maximum atomic E-state index is 13.0. The fraction of sp³-hybridized carbons (Fsp3) is 0.688. The summed E-state index contributed by atoms with van der Waals surface area (Å²) >= 11 is 0. The van der Waals surface area contributed by atoms with E-state index in [1.807, 2.05) is 0 Å². The standard InChI is InChI=1S/C16H26FN3/c1-2-9-18-16(15-7-6-14(17)13-19-15)8-12-20-10-4-3-5-11-20/h6-7,13,16,18H,2-5,8-12H2,1H3. The number of piperidine rings is 1. The van der Waals surface area contributed by atoms with Crippen LogP contribution in [0.3, 0.4) is 0 Å². The lowest BCUT2D eigenvalue weighted by atomic mass is 10.1. The van der Waals surface area contributed by atoms with Gasteiger partial charge in [0.15, 0.2) is 0 Å². The van der Waals surface area contributed by atoms with E-state index in [1.165, 1.54) is 44.6 Å². The second kappa shape index (κ2) is 8.32. The zero-order chi connectivity index (χ0) is 14.2. The summed E-state index contributed by atoms with van der Waals surface area (Å²) < 4.78 is 13.0. The van der Waals surface area contributed by atoms with Crippen molar-refractivity contribution in [2.45, 2.75) is 45.1 Å². The summed E-state index contributed by atoms with van der Waals surface area (Å²) in [6, 6.07) is 3.54. The van der Waals surface area contributed by atoms with E-state index < -0.39 is 0 Å². The fourth-order valence-corrected chi connectivity index (χ4v) is 2.76. The van der Waals surface area contributed by atoms with E-state index in [0.717, 1.165) is 31.6 Å². The molecule has 1 saturated heterocycles. The number of rotatable bonds is 7. The molecule has 1 aliphatic heterocycles. The maximum absolute atomic E-state index is 13.0. The van der Waals surface area contributed by atoms with Gasteiger partial charge in [-0.2, -0.15) is 0 Å². The number of aromatic nitrogens is 1. The lowest BCUT2D eigenvalue weighted by Crippen LogP contribution is -2.33. The van der Waals surface area contributed by atoms with Gasteiger partial charge in [0.2, 0.25) is 0 Å². The van der Waals surface area contributed by atoms with Crippen molar-refractivity contribution >= 4 is 0 Å². The highest BCUT2D eigenvalue weighted by Crippen LogP contribution is 2.17. The van der Waals surface area contributed by atoms with Crippen LogP contribution in [0.2, 0.25) is 0 Å². The summed E-state index contributed by atoms with van der Waals surface area (Å²) in [6.07, 6.45) is 7.47. The van der Waals surface area contributed by atoms with Crippen LogP contribution >= 0.6 is 0 Å². The summed E-state index contributed by atoms with van der Waals surface area (Å²) in [6.45, 7) is 6.67. The van der Waals surface area contributed by atoms with Gasteiger partial charge in [-0.15, -0.1) is 0 Å². The molecule has 0 bridgehead atoms. The predicted octanol–water partition coefficient (Wildman–Crippen LogP) is 3.14. The van der Waals surface area contributed by atoms with Crippen LogP contribution in [-0.2, 0) is 0 Å². The fourth-order valence-electron chi connectivity index (χ4n) is 2.76. The number of nitrogens with one attached hydrogen (secondary N) is 1. The Labute approximate surface area is 121 Å². The molecule has 2 rings (SSSR count). The van der Waals surface area contributed by atoms with Crippen LogP contribution in [0.15, 0.2) is 18.3 Å². The molecule has 1 N–H and O–H groups in total. The lowest BCUT2D eigenvalue weighted by molar-refractivity contribution is 0.216. The summed E-state index contributed by atoms with van der Waals surface area (Å²) in [5, 5.41) is 3.53. The first-order valence-electron chi connectivity index (χ1n) is 7.87. The average molecular weight is 279 g/mol.